The van der Waals surface area contributed by atoms with Crippen molar-refractivity contribution in [2.24, 2.45) is 0 Å². The number of nitrogens with zero attached hydrogens (tertiary/aromatic N) is 2. The minimum absolute atomic E-state index is 0.0964. The number of aliphatic hydroxyl groups is 1. The smallest absolute Gasteiger partial charge is 0.318 e. The zero-order chi connectivity index (χ0) is 16.4. The Morgan fingerprint density at radius 3 is 2.87 bits per heavy atom. The summed E-state index contributed by atoms with van der Waals surface area (Å²) in [7, 11) is 0. The summed E-state index contributed by atoms with van der Waals surface area (Å²) in [5.41, 5.74) is 2.10. The maximum Gasteiger partial charge on any atom is 0.318 e. The van der Waals surface area contributed by atoms with Crippen molar-refractivity contribution in [3.8, 4) is 0 Å². The van der Waals surface area contributed by atoms with Crippen molar-refractivity contribution < 1.29 is 14.7 Å². The molecule has 0 saturated carbocycles. The number of anilines is 1. The Labute approximate surface area is 136 Å². The number of nitrogens with one attached hydrogen (secondary N) is 1. The summed E-state index contributed by atoms with van der Waals surface area (Å²) in [6.07, 6.45) is 1.89. The average molecular weight is 317 g/mol. The third kappa shape index (κ3) is 3.32. The molecule has 2 heterocycles. The highest BCUT2D eigenvalue weighted by molar-refractivity contribution is 6.00. The Morgan fingerprint density at radius 1 is 1.30 bits per heavy atom. The summed E-state index contributed by atoms with van der Waals surface area (Å²) < 4.78 is 0. The monoisotopic (exact) mass is 317 g/mol. The quantitative estimate of drug-likeness (QED) is 0.859. The summed E-state index contributed by atoms with van der Waals surface area (Å²) >= 11 is 0. The average Bonchev–Trinajstić information content (AvgIpc) is 2.98. The molecule has 3 rings (SSSR count). The summed E-state index contributed by atoms with van der Waals surface area (Å²) in [5.74, 6) is -0.0964. The van der Waals surface area contributed by atoms with Gasteiger partial charge in [0.25, 0.3) is 0 Å². The lowest BCUT2D eigenvalue weighted by Gasteiger charge is -2.31. The van der Waals surface area contributed by atoms with Crippen LogP contribution in [0.1, 0.15) is 25.3 Å². The van der Waals surface area contributed by atoms with Crippen LogP contribution in [0.5, 0.6) is 0 Å². The van der Waals surface area contributed by atoms with Crippen LogP contribution in [0.25, 0.3) is 0 Å². The topological polar surface area (TPSA) is 72.9 Å². The number of hydrogen-bond donors (Lipinski definition) is 2. The van der Waals surface area contributed by atoms with Gasteiger partial charge in [-0.05, 0) is 37.8 Å². The Morgan fingerprint density at radius 2 is 2.09 bits per heavy atom. The van der Waals surface area contributed by atoms with E-state index in [9.17, 15) is 14.7 Å². The van der Waals surface area contributed by atoms with Crippen LogP contribution >= 0.6 is 0 Å². The van der Waals surface area contributed by atoms with E-state index in [-0.39, 0.29) is 11.9 Å². The first-order valence-electron chi connectivity index (χ1n) is 8.19. The van der Waals surface area contributed by atoms with Crippen LogP contribution in [-0.4, -0.2) is 53.7 Å². The van der Waals surface area contributed by atoms with E-state index >= 15 is 0 Å². The zero-order valence-electron chi connectivity index (χ0n) is 13.4. The normalized spacial score (nSPS) is 21.7. The predicted molar refractivity (Wildman–Crippen MR) is 87.3 cm³/mol. The minimum atomic E-state index is -0.590. The van der Waals surface area contributed by atoms with E-state index in [4.69, 9.17) is 0 Å². The van der Waals surface area contributed by atoms with Crippen molar-refractivity contribution in [1.29, 1.82) is 0 Å². The Bertz CT molecular complexity index is 605. The number of carbonyl (C=O) groups excluding carboxylic acids is 2. The fourth-order valence-corrected chi connectivity index (χ4v) is 3.28. The molecule has 0 bridgehead atoms. The van der Waals surface area contributed by atoms with E-state index in [1.807, 2.05) is 24.3 Å². The molecule has 2 atom stereocenters. The summed E-state index contributed by atoms with van der Waals surface area (Å²) in [5, 5.41) is 12.4. The van der Waals surface area contributed by atoms with Gasteiger partial charge in [-0.1, -0.05) is 18.2 Å². The molecule has 0 spiro atoms. The largest absolute Gasteiger partial charge is 0.391 e. The van der Waals surface area contributed by atoms with Crippen molar-refractivity contribution in [2.45, 2.75) is 38.3 Å². The molecule has 6 heteroatoms. The highest BCUT2D eigenvalue weighted by Gasteiger charge is 2.30. The molecule has 2 N–H and O–H groups in total. The molecule has 1 aromatic rings. The number of rotatable bonds is 2. The van der Waals surface area contributed by atoms with Crippen molar-refractivity contribution in [3.05, 3.63) is 29.8 Å². The first-order valence-corrected chi connectivity index (χ1v) is 8.19. The van der Waals surface area contributed by atoms with Crippen LogP contribution in [0.15, 0.2) is 24.3 Å². The highest BCUT2D eigenvalue weighted by atomic mass is 16.3. The third-order valence-corrected chi connectivity index (χ3v) is 4.55. The molecule has 2 aliphatic heterocycles. The lowest BCUT2D eigenvalue weighted by atomic mass is 10.1. The number of urea groups is 1. The van der Waals surface area contributed by atoms with Gasteiger partial charge in [0.15, 0.2) is 0 Å². The summed E-state index contributed by atoms with van der Waals surface area (Å²) in [4.78, 5) is 28.2. The molecule has 0 aliphatic carbocycles. The SMILES string of the molecule is C[C@H](NC(=O)N1CCC[C@@H](O)C1)C(=O)N1CCc2ccccc21. The molecule has 0 aromatic heterocycles. The number of carbonyl (C=O) groups is 2. The van der Waals surface area contributed by atoms with Crippen molar-refractivity contribution in [1.82, 2.24) is 10.2 Å². The maximum atomic E-state index is 12.6. The molecule has 1 saturated heterocycles. The van der Waals surface area contributed by atoms with Gasteiger partial charge in [0.2, 0.25) is 5.91 Å². The van der Waals surface area contributed by atoms with Gasteiger partial charge in [0.05, 0.1) is 6.10 Å². The van der Waals surface area contributed by atoms with Gasteiger partial charge >= 0.3 is 6.03 Å². The van der Waals surface area contributed by atoms with Gasteiger partial charge in [0, 0.05) is 25.3 Å². The number of para-hydroxylation sites is 1. The summed E-state index contributed by atoms with van der Waals surface area (Å²) in [6, 6.07) is 6.99. The van der Waals surface area contributed by atoms with Gasteiger partial charge in [-0.2, -0.15) is 0 Å². The second-order valence-corrected chi connectivity index (χ2v) is 6.28. The van der Waals surface area contributed by atoms with Crippen molar-refractivity contribution in [2.75, 3.05) is 24.5 Å². The van der Waals surface area contributed by atoms with Gasteiger partial charge in [-0.25, -0.2) is 4.79 Å². The van der Waals surface area contributed by atoms with E-state index in [2.05, 4.69) is 5.32 Å². The third-order valence-electron chi connectivity index (χ3n) is 4.55. The second-order valence-electron chi connectivity index (χ2n) is 6.28. The molecular weight excluding hydrogens is 294 g/mol. The number of piperidine rings is 1. The number of β-amino-alcohol motifs (C(OH)–C–C–N with tert-alkyl or cyclic N) is 1. The van der Waals surface area contributed by atoms with Crippen LogP contribution in [-0.2, 0) is 11.2 Å². The molecule has 23 heavy (non-hydrogen) atoms. The van der Waals surface area contributed by atoms with Gasteiger partial charge in [-0.3, -0.25) is 4.79 Å². The molecule has 2 aliphatic rings. The first kappa shape index (κ1) is 15.8. The fourth-order valence-electron chi connectivity index (χ4n) is 3.28. The van der Waals surface area contributed by atoms with Gasteiger partial charge in [0.1, 0.15) is 6.04 Å². The van der Waals surface area contributed by atoms with Crippen molar-refractivity contribution >= 4 is 17.6 Å². The number of amides is 3. The van der Waals surface area contributed by atoms with Crippen LogP contribution in [0.4, 0.5) is 10.5 Å². The van der Waals surface area contributed by atoms with E-state index in [0.717, 1.165) is 24.9 Å². The van der Waals surface area contributed by atoms with E-state index in [1.54, 1.807) is 16.7 Å². The molecule has 0 radical (unpaired) electrons. The molecular formula is C17H23N3O3. The predicted octanol–water partition coefficient (Wildman–Crippen LogP) is 1.13. The van der Waals surface area contributed by atoms with E-state index < -0.39 is 12.1 Å². The summed E-state index contributed by atoms with van der Waals surface area (Å²) in [6.45, 7) is 3.32. The number of fused-ring (bicyclic) bond motifs is 1. The van der Waals surface area contributed by atoms with Crippen LogP contribution < -0.4 is 10.2 Å². The van der Waals surface area contributed by atoms with Crippen LogP contribution in [0.2, 0.25) is 0 Å². The molecule has 6 nitrogen and oxygen atoms in total. The number of benzene rings is 1. The molecule has 3 amide bonds. The lowest BCUT2D eigenvalue weighted by Crippen LogP contribution is -2.53. The van der Waals surface area contributed by atoms with E-state index in [0.29, 0.717) is 19.6 Å². The molecule has 1 fully saturated rings. The number of likely N-dealkylation sites (tertiary alicyclic amines) is 1. The maximum absolute atomic E-state index is 12.6. The van der Waals surface area contributed by atoms with Crippen LogP contribution in [0.3, 0.4) is 0 Å². The fraction of sp³-hybridized carbons (Fsp3) is 0.529. The molecule has 124 valence electrons. The molecule has 0 unspecified atom stereocenters. The Hall–Kier alpha value is -2.08. The number of hydrogen-bond acceptors (Lipinski definition) is 3. The zero-order valence-corrected chi connectivity index (χ0v) is 13.4. The first-order chi connectivity index (χ1) is 11.1. The van der Waals surface area contributed by atoms with Crippen LogP contribution in [0, 0.1) is 0 Å². The van der Waals surface area contributed by atoms with Crippen molar-refractivity contribution in [3.63, 3.8) is 0 Å². The van der Waals surface area contributed by atoms with Gasteiger partial charge in [-0.15, -0.1) is 0 Å². The number of aliphatic hydroxyl groups excluding tert-OH is 1. The second kappa shape index (κ2) is 6.58. The molecule has 1 aromatic carbocycles. The van der Waals surface area contributed by atoms with E-state index in [1.165, 1.54) is 5.56 Å². The highest BCUT2D eigenvalue weighted by Crippen LogP contribution is 2.27. The standard InChI is InChI=1S/C17H23N3O3/c1-12(18-17(23)19-9-4-6-14(21)11-19)16(22)20-10-8-13-5-2-3-7-15(13)20/h2-3,5,7,12,14,21H,4,6,8-11H2,1H3,(H,18,23)/t12-,14+/m0/s1. The van der Waals surface area contributed by atoms with Gasteiger partial charge < -0.3 is 20.2 Å². The minimum Gasteiger partial charge on any atom is -0.391 e. The lowest BCUT2D eigenvalue weighted by molar-refractivity contribution is -0.120. The Kier molecular flexibility index (Phi) is 4.52. The Balaban J connectivity index is 1.61.